The number of carbonyl (C=O) groups is 1. The lowest BCUT2D eigenvalue weighted by Gasteiger charge is -2.48. The van der Waals surface area contributed by atoms with E-state index in [-0.39, 0.29) is 18.9 Å². The van der Waals surface area contributed by atoms with Crippen LogP contribution in [0.15, 0.2) is 60.8 Å². The fourth-order valence-electron chi connectivity index (χ4n) is 14.0. The smallest absolute Gasteiger partial charge is 0.220 e. The molecule has 596 valence electrons. The molecule has 3 fully saturated rings. The van der Waals surface area contributed by atoms with Gasteiger partial charge in [0, 0.05) is 6.42 Å². The third-order valence-electron chi connectivity index (χ3n) is 20.6. The van der Waals surface area contributed by atoms with Crippen LogP contribution in [0.1, 0.15) is 328 Å². The average molecular weight is 1450 g/mol. The van der Waals surface area contributed by atoms with Gasteiger partial charge in [0.15, 0.2) is 18.9 Å². The van der Waals surface area contributed by atoms with Gasteiger partial charge in [-0.1, -0.05) is 325 Å². The highest BCUT2D eigenvalue weighted by atomic mass is 16.8. The first-order valence-corrected chi connectivity index (χ1v) is 41.5. The lowest BCUT2D eigenvalue weighted by Crippen LogP contribution is -2.66. The van der Waals surface area contributed by atoms with E-state index in [4.69, 9.17) is 28.4 Å². The van der Waals surface area contributed by atoms with E-state index in [0.29, 0.717) is 12.8 Å². The summed E-state index contributed by atoms with van der Waals surface area (Å²) in [5, 5.41) is 121. The molecular formula is C83H151NO18. The number of aliphatic hydroxyl groups is 11. The van der Waals surface area contributed by atoms with Gasteiger partial charge in [-0.25, -0.2) is 0 Å². The molecule has 102 heavy (non-hydrogen) atoms. The summed E-state index contributed by atoms with van der Waals surface area (Å²) >= 11 is 0. The number of hydrogen-bond donors (Lipinski definition) is 12. The summed E-state index contributed by atoms with van der Waals surface area (Å²) in [4.78, 5) is 13.5. The Morgan fingerprint density at radius 3 is 1.06 bits per heavy atom. The van der Waals surface area contributed by atoms with Crippen LogP contribution in [0.25, 0.3) is 0 Å². The van der Waals surface area contributed by atoms with E-state index >= 15 is 0 Å². The molecule has 3 aliphatic heterocycles. The Hall–Kier alpha value is -2.51. The zero-order chi connectivity index (χ0) is 73.9. The zero-order valence-electron chi connectivity index (χ0n) is 63.8. The molecule has 0 bridgehead atoms. The van der Waals surface area contributed by atoms with Crippen molar-refractivity contribution in [2.45, 2.75) is 433 Å². The monoisotopic (exact) mass is 1450 g/mol. The van der Waals surface area contributed by atoms with Gasteiger partial charge in [0.1, 0.15) is 73.2 Å². The summed E-state index contributed by atoms with van der Waals surface area (Å²) in [5.41, 5.74) is 0. The van der Waals surface area contributed by atoms with Gasteiger partial charge in [0.2, 0.25) is 5.91 Å². The van der Waals surface area contributed by atoms with E-state index in [2.05, 4.69) is 79.9 Å². The van der Waals surface area contributed by atoms with E-state index in [1.54, 1.807) is 0 Å². The highest BCUT2D eigenvalue weighted by Gasteiger charge is 2.54. The molecule has 3 saturated heterocycles. The second-order valence-electron chi connectivity index (χ2n) is 29.6. The van der Waals surface area contributed by atoms with Crippen LogP contribution in [0.2, 0.25) is 0 Å². The number of carbonyl (C=O) groups excluding carboxylic acids is 1. The average Bonchev–Trinajstić information content (AvgIpc) is 0.781. The van der Waals surface area contributed by atoms with Crippen LogP contribution in [0, 0.1) is 0 Å². The molecule has 3 heterocycles. The van der Waals surface area contributed by atoms with Gasteiger partial charge in [-0.05, 0) is 57.8 Å². The fraction of sp³-hybridized carbons (Fsp3) is 0.867. The van der Waals surface area contributed by atoms with Gasteiger partial charge in [-0.3, -0.25) is 4.79 Å². The maximum absolute atomic E-state index is 13.5. The lowest BCUT2D eigenvalue weighted by molar-refractivity contribution is -0.379. The molecule has 0 radical (unpaired) electrons. The van der Waals surface area contributed by atoms with Crippen LogP contribution in [-0.4, -0.2) is 193 Å². The Morgan fingerprint density at radius 1 is 0.363 bits per heavy atom. The normalized spacial score (nSPS) is 26.5. The van der Waals surface area contributed by atoms with Gasteiger partial charge in [0.25, 0.3) is 0 Å². The quantitative estimate of drug-likeness (QED) is 0.0199. The first-order chi connectivity index (χ1) is 49.8. The van der Waals surface area contributed by atoms with Crippen molar-refractivity contribution in [3.63, 3.8) is 0 Å². The molecular weight excluding hydrogens is 1300 g/mol. The molecule has 0 aromatic heterocycles. The first kappa shape index (κ1) is 93.7. The molecule has 0 aromatic carbocycles. The summed E-state index contributed by atoms with van der Waals surface area (Å²) in [5.74, 6) is -0.247. The number of amides is 1. The van der Waals surface area contributed by atoms with Crippen LogP contribution in [0.3, 0.4) is 0 Å². The van der Waals surface area contributed by atoms with Crippen molar-refractivity contribution in [3.8, 4) is 0 Å². The first-order valence-electron chi connectivity index (χ1n) is 41.5. The zero-order valence-corrected chi connectivity index (χ0v) is 63.8. The highest BCUT2D eigenvalue weighted by molar-refractivity contribution is 5.76. The van der Waals surface area contributed by atoms with Crippen LogP contribution < -0.4 is 5.32 Å². The number of ether oxygens (including phenoxy) is 6. The van der Waals surface area contributed by atoms with E-state index in [9.17, 15) is 61.0 Å². The maximum atomic E-state index is 13.5. The summed E-state index contributed by atoms with van der Waals surface area (Å²) in [6, 6.07) is -0.896. The van der Waals surface area contributed by atoms with Crippen LogP contribution in [0.5, 0.6) is 0 Å². The van der Waals surface area contributed by atoms with E-state index in [1.807, 2.05) is 0 Å². The van der Waals surface area contributed by atoms with Gasteiger partial charge in [0.05, 0.1) is 38.6 Å². The van der Waals surface area contributed by atoms with Gasteiger partial charge < -0.3 is 89.9 Å². The number of nitrogens with one attached hydrogen (secondary N) is 1. The fourth-order valence-corrected chi connectivity index (χ4v) is 14.0. The topological polar surface area (TPSA) is 307 Å². The standard InChI is InChI=1S/C83H151NO18/c1-3-5-7-9-11-13-15-17-19-21-23-25-27-29-30-31-32-33-34-35-37-38-40-42-44-46-48-50-52-54-56-58-60-67(88)66(84-71(89)61-59-57-55-53-51-49-47-45-43-41-39-36-28-26-24-22-20-18-16-14-12-10-8-6-4-2)65-97-81-77(95)74(92)79(69(63-86)99-81)102-83-78(96)75(93)80(70(64-87)100-83)101-82-76(94)73(91)72(90)68(62-85)98-82/h6,8,12,14,18,20,24,26,36,39,66-70,72-83,85-88,90-96H,3-5,7,9-11,13,15-17,19,21-23,25,27-35,37-38,40-65H2,1-2H3,(H,84,89)/b8-6-,14-12-,20-18-,26-24-,39-36-. The highest BCUT2D eigenvalue weighted by Crippen LogP contribution is 2.33. The maximum Gasteiger partial charge on any atom is 0.220 e. The Bertz CT molecular complexity index is 2080. The number of hydrogen-bond acceptors (Lipinski definition) is 18. The van der Waals surface area contributed by atoms with E-state index < -0.39 is 124 Å². The predicted octanol–water partition coefficient (Wildman–Crippen LogP) is 14.2. The van der Waals surface area contributed by atoms with E-state index in [1.165, 1.54) is 205 Å². The van der Waals surface area contributed by atoms with Crippen LogP contribution >= 0.6 is 0 Å². The molecule has 17 unspecified atom stereocenters. The molecule has 1 amide bonds. The predicted molar refractivity (Wildman–Crippen MR) is 406 cm³/mol. The lowest BCUT2D eigenvalue weighted by atomic mass is 9.96. The van der Waals surface area contributed by atoms with Gasteiger partial charge in [-0.2, -0.15) is 0 Å². The molecule has 0 aromatic rings. The molecule has 19 nitrogen and oxygen atoms in total. The van der Waals surface area contributed by atoms with Gasteiger partial charge in [-0.15, -0.1) is 0 Å². The molecule has 0 aliphatic carbocycles. The van der Waals surface area contributed by atoms with Crippen molar-refractivity contribution in [1.29, 1.82) is 0 Å². The number of aliphatic hydroxyl groups excluding tert-OH is 11. The molecule has 19 heteroatoms. The van der Waals surface area contributed by atoms with E-state index in [0.717, 1.165) is 89.9 Å². The Labute approximate surface area is 617 Å². The van der Waals surface area contributed by atoms with Crippen molar-refractivity contribution < 1.29 is 89.4 Å². The number of unbranched alkanes of at least 4 members (excludes halogenated alkanes) is 40. The van der Waals surface area contributed by atoms with Crippen LogP contribution in [-0.2, 0) is 33.2 Å². The van der Waals surface area contributed by atoms with Crippen molar-refractivity contribution in [3.05, 3.63) is 60.8 Å². The number of rotatable bonds is 66. The minimum Gasteiger partial charge on any atom is -0.394 e. The minimum atomic E-state index is -1.98. The van der Waals surface area contributed by atoms with Crippen molar-refractivity contribution in [1.82, 2.24) is 5.32 Å². The molecule has 0 saturated carbocycles. The van der Waals surface area contributed by atoms with Crippen molar-refractivity contribution >= 4 is 5.91 Å². The van der Waals surface area contributed by atoms with Crippen LogP contribution in [0.4, 0.5) is 0 Å². The molecule has 17 atom stereocenters. The largest absolute Gasteiger partial charge is 0.394 e. The second-order valence-corrected chi connectivity index (χ2v) is 29.6. The second kappa shape index (κ2) is 63.4. The van der Waals surface area contributed by atoms with Crippen molar-refractivity contribution in [2.24, 2.45) is 0 Å². The summed E-state index contributed by atoms with van der Waals surface area (Å²) in [6.45, 7) is 1.72. The Kier molecular flexibility index (Phi) is 58.3. The third-order valence-corrected chi connectivity index (χ3v) is 20.6. The molecule has 0 spiro atoms. The molecule has 3 aliphatic rings. The minimum absolute atomic E-state index is 0.247. The van der Waals surface area contributed by atoms with Crippen molar-refractivity contribution in [2.75, 3.05) is 26.4 Å². The Balaban J connectivity index is 1.36. The summed E-state index contributed by atoms with van der Waals surface area (Å²) in [6.07, 6.45) is 54.5. The molecule has 12 N–H and O–H groups in total. The SMILES string of the molecule is CC/C=C\C/C=C\C/C=C\C/C=C\C/C=C\CCCCCCCCCCCC(=O)NC(COC1OC(CO)C(OC2OC(CO)C(OC3OC(CO)C(O)C(O)C3O)C(O)C2O)C(O)C1O)C(O)CCCCCCCCCCCCCCCCCCCCCCCCCCCCCCCCCC. The summed E-state index contributed by atoms with van der Waals surface area (Å²) < 4.78 is 34.5. The van der Waals surface area contributed by atoms with Gasteiger partial charge >= 0.3 is 0 Å². The number of allylic oxidation sites excluding steroid dienone is 10. The molecule has 3 rings (SSSR count). The summed E-state index contributed by atoms with van der Waals surface area (Å²) in [7, 11) is 0. The Morgan fingerprint density at radius 2 is 0.676 bits per heavy atom. The third kappa shape index (κ3) is 42.9.